The SMILES string of the molecule is CCCCC/C=C\C/C=C/C/C=C\C/C=C\CCCC(=O)S[C@H](COCCCCCCCCCCCCCCCC)COP(=O)([O-])OCC[N+](C)(C)C. The smallest absolute Gasteiger partial charge is 0.268 e. The Hall–Kier alpha value is -0.990. The Bertz CT molecular complexity index is 993. The van der Waals surface area contributed by atoms with Gasteiger partial charge in [-0.15, -0.1) is 0 Å². The summed E-state index contributed by atoms with van der Waals surface area (Å²) in [6, 6.07) is 0. The summed E-state index contributed by atoms with van der Waals surface area (Å²) < 4.78 is 29.2. The molecule has 2 atom stereocenters. The van der Waals surface area contributed by atoms with E-state index < -0.39 is 13.1 Å². The van der Waals surface area contributed by atoms with Crippen LogP contribution in [0.3, 0.4) is 0 Å². The number of likely N-dealkylation sites (N-methyl/N-ethyl adjacent to an activating group) is 1. The Morgan fingerprint density at radius 3 is 1.57 bits per heavy atom. The van der Waals surface area contributed by atoms with E-state index >= 15 is 0 Å². The van der Waals surface area contributed by atoms with Crippen LogP contribution < -0.4 is 4.89 Å². The van der Waals surface area contributed by atoms with Gasteiger partial charge in [0.05, 0.1) is 39.6 Å². The lowest BCUT2D eigenvalue weighted by Crippen LogP contribution is -2.37. The van der Waals surface area contributed by atoms with Crippen molar-refractivity contribution in [3.05, 3.63) is 48.6 Å². The first-order valence-electron chi connectivity index (χ1n) is 21.4. The molecule has 0 rings (SSSR count). The van der Waals surface area contributed by atoms with Crippen molar-refractivity contribution in [3.63, 3.8) is 0 Å². The highest BCUT2D eigenvalue weighted by molar-refractivity contribution is 8.14. The van der Waals surface area contributed by atoms with Crippen molar-refractivity contribution in [3.8, 4) is 0 Å². The zero-order chi connectivity index (χ0) is 39.1. The van der Waals surface area contributed by atoms with Gasteiger partial charge in [-0.25, -0.2) is 0 Å². The number of thioether (sulfide) groups is 1. The van der Waals surface area contributed by atoms with Crippen LogP contribution in [0.1, 0.15) is 168 Å². The third kappa shape index (κ3) is 42.0. The van der Waals surface area contributed by atoms with E-state index in [1.54, 1.807) is 0 Å². The highest BCUT2D eigenvalue weighted by Crippen LogP contribution is 2.39. The molecule has 0 aromatic heterocycles. The molecule has 0 aliphatic carbocycles. The molecule has 0 aromatic carbocycles. The molecular weight excluding hydrogens is 702 g/mol. The van der Waals surface area contributed by atoms with Crippen LogP contribution in [-0.4, -0.2) is 69.0 Å². The molecule has 0 aromatic rings. The number of hydrogen-bond acceptors (Lipinski definition) is 7. The van der Waals surface area contributed by atoms with Crippen LogP contribution >= 0.6 is 19.6 Å². The standard InChI is InChI=1S/C44H82NO6PS/c1-6-8-10-12-14-16-18-20-22-23-24-25-27-29-31-33-35-37-44(46)53-43(42-51-52(47,48)50-40-38-45(3,4)5)41-49-39-36-34-32-30-28-26-21-19-17-15-13-11-9-7-2/h14,16,20,22,24-25,29,31,43H,6-13,15,17-19,21,23,26-28,30,32-42H2,1-5H3/b16-14-,22-20+,25-24-,31-29-/t43-/m1/s1. The van der Waals surface area contributed by atoms with Crippen LogP contribution in [0.2, 0.25) is 0 Å². The third-order valence-electron chi connectivity index (χ3n) is 8.88. The van der Waals surface area contributed by atoms with Crippen LogP contribution in [0.5, 0.6) is 0 Å². The van der Waals surface area contributed by atoms with Gasteiger partial charge in [0.1, 0.15) is 13.2 Å². The summed E-state index contributed by atoms with van der Waals surface area (Å²) in [6.07, 6.45) is 45.7. The Kier molecular flexibility index (Phi) is 37.2. The summed E-state index contributed by atoms with van der Waals surface area (Å²) >= 11 is 1.14. The van der Waals surface area contributed by atoms with Crippen LogP contribution in [0, 0.1) is 0 Å². The Labute approximate surface area is 332 Å². The van der Waals surface area contributed by atoms with E-state index in [0.29, 0.717) is 24.1 Å². The van der Waals surface area contributed by atoms with Crippen LogP contribution in [0.4, 0.5) is 0 Å². The first kappa shape index (κ1) is 52.0. The molecule has 1 unspecified atom stereocenters. The predicted octanol–water partition coefficient (Wildman–Crippen LogP) is 12.5. The number of nitrogens with zero attached hydrogens (tertiary/aromatic N) is 1. The fourth-order valence-corrected chi connectivity index (χ4v) is 7.32. The normalized spacial score (nSPS) is 14.4. The molecule has 0 spiro atoms. The summed E-state index contributed by atoms with van der Waals surface area (Å²) in [5.41, 5.74) is 0. The molecule has 310 valence electrons. The predicted molar refractivity (Wildman–Crippen MR) is 228 cm³/mol. The zero-order valence-corrected chi connectivity index (χ0v) is 36.7. The zero-order valence-electron chi connectivity index (χ0n) is 35.0. The highest BCUT2D eigenvalue weighted by atomic mass is 32.2. The molecule has 0 heterocycles. The summed E-state index contributed by atoms with van der Waals surface area (Å²) in [4.78, 5) is 25.2. The lowest BCUT2D eigenvalue weighted by atomic mass is 10.0. The molecule has 0 saturated heterocycles. The summed E-state index contributed by atoms with van der Waals surface area (Å²) in [7, 11) is 1.44. The lowest BCUT2D eigenvalue weighted by Gasteiger charge is -2.28. The van der Waals surface area contributed by atoms with Crippen molar-refractivity contribution in [2.75, 3.05) is 54.1 Å². The van der Waals surface area contributed by atoms with Crippen LogP contribution in [0.25, 0.3) is 0 Å². The largest absolute Gasteiger partial charge is 0.756 e. The van der Waals surface area contributed by atoms with Crippen LogP contribution in [0.15, 0.2) is 48.6 Å². The minimum absolute atomic E-state index is 0.0289. The van der Waals surface area contributed by atoms with Gasteiger partial charge in [0.2, 0.25) is 0 Å². The second kappa shape index (κ2) is 37.9. The van der Waals surface area contributed by atoms with Gasteiger partial charge in [-0.2, -0.15) is 0 Å². The summed E-state index contributed by atoms with van der Waals surface area (Å²) in [5.74, 6) is 0. The molecule has 0 amide bonds. The number of quaternary nitrogens is 1. The Morgan fingerprint density at radius 1 is 0.604 bits per heavy atom. The molecule has 7 nitrogen and oxygen atoms in total. The van der Waals surface area contributed by atoms with Gasteiger partial charge in [0.25, 0.3) is 7.82 Å². The van der Waals surface area contributed by atoms with E-state index in [1.807, 2.05) is 21.1 Å². The van der Waals surface area contributed by atoms with E-state index in [-0.39, 0.29) is 24.9 Å². The molecule has 0 bridgehead atoms. The average Bonchev–Trinajstić information content (AvgIpc) is 3.11. The number of carbonyl (C=O) groups is 1. The van der Waals surface area contributed by atoms with Gasteiger partial charge in [-0.05, 0) is 51.4 Å². The van der Waals surface area contributed by atoms with Crippen molar-refractivity contribution in [1.29, 1.82) is 0 Å². The molecule has 53 heavy (non-hydrogen) atoms. The van der Waals surface area contributed by atoms with E-state index in [9.17, 15) is 14.3 Å². The minimum atomic E-state index is -4.47. The number of carbonyl (C=O) groups excluding carboxylic acids is 1. The minimum Gasteiger partial charge on any atom is -0.756 e. The number of phosphoric acid groups is 1. The fraction of sp³-hybridized carbons (Fsp3) is 0.795. The first-order chi connectivity index (χ1) is 25.6. The van der Waals surface area contributed by atoms with Crippen molar-refractivity contribution in [1.82, 2.24) is 0 Å². The molecule has 0 fully saturated rings. The van der Waals surface area contributed by atoms with Gasteiger partial charge < -0.3 is 23.2 Å². The molecule has 0 aliphatic heterocycles. The van der Waals surface area contributed by atoms with Gasteiger partial charge in [-0.3, -0.25) is 9.36 Å². The molecule has 9 heteroatoms. The number of phosphoric ester groups is 1. The number of unbranched alkanes of at least 4 members (excludes halogenated alkanes) is 17. The van der Waals surface area contributed by atoms with Gasteiger partial charge in [0.15, 0.2) is 5.12 Å². The van der Waals surface area contributed by atoms with Crippen molar-refractivity contribution < 1.29 is 32.5 Å². The fourth-order valence-electron chi connectivity index (χ4n) is 5.54. The molecule has 0 N–H and O–H groups in total. The van der Waals surface area contributed by atoms with E-state index in [0.717, 1.165) is 56.7 Å². The lowest BCUT2D eigenvalue weighted by molar-refractivity contribution is -0.870. The molecule has 0 saturated carbocycles. The first-order valence-corrected chi connectivity index (χ1v) is 23.7. The molecular formula is C44H82NO6PS. The summed E-state index contributed by atoms with van der Waals surface area (Å²) in [6.45, 7) is 5.82. The van der Waals surface area contributed by atoms with E-state index in [4.69, 9.17) is 13.8 Å². The average molecular weight is 784 g/mol. The maximum atomic E-state index is 12.8. The second-order valence-corrected chi connectivity index (χ2v) is 18.1. The van der Waals surface area contributed by atoms with Gasteiger partial charge in [-0.1, -0.05) is 171 Å². The molecule has 0 aliphatic rings. The van der Waals surface area contributed by atoms with E-state index in [1.165, 1.54) is 103 Å². The number of allylic oxidation sites excluding steroid dienone is 8. The van der Waals surface area contributed by atoms with Gasteiger partial charge in [0, 0.05) is 13.0 Å². The Morgan fingerprint density at radius 2 is 1.06 bits per heavy atom. The Balaban J connectivity index is 4.36. The second-order valence-electron chi connectivity index (χ2n) is 15.4. The van der Waals surface area contributed by atoms with Crippen molar-refractivity contribution in [2.24, 2.45) is 0 Å². The van der Waals surface area contributed by atoms with Gasteiger partial charge >= 0.3 is 0 Å². The highest BCUT2D eigenvalue weighted by Gasteiger charge is 2.20. The third-order valence-corrected chi connectivity index (χ3v) is 10.9. The van der Waals surface area contributed by atoms with Crippen molar-refractivity contribution >= 4 is 24.7 Å². The monoisotopic (exact) mass is 784 g/mol. The topological polar surface area (TPSA) is 84.9 Å². The van der Waals surface area contributed by atoms with Crippen LogP contribution in [-0.2, 0) is 23.1 Å². The summed E-state index contributed by atoms with van der Waals surface area (Å²) in [5, 5.41) is -0.378. The maximum Gasteiger partial charge on any atom is 0.268 e. The van der Waals surface area contributed by atoms with E-state index in [2.05, 4.69) is 62.5 Å². The molecule has 0 radical (unpaired) electrons. The van der Waals surface area contributed by atoms with Crippen molar-refractivity contribution in [2.45, 2.75) is 173 Å². The number of ether oxygens (including phenoxy) is 1. The number of hydrogen-bond donors (Lipinski definition) is 0. The number of rotatable bonds is 39. The maximum absolute atomic E-state index is 12.8. The quantitative estimate of drug-likeness (QED) is 0.0266.